The fraction of sp³-hybridized carbons (Fsp3) is 0.0417. The highest BCUT2D eigenvalue weighted by Crippen LogP contribution is 2.46. The maximum atomic E-state index is 13.6. The molecule has 0 saturated carbocycles. The molecule has 8 nitrogen and oxygen atoms in total. The lowest BCUT2D eigenvalue weighted by atomic mass is 10.1. The molecule has 1 aliphatic heterocycles. The van der Waals surface area contributed by atoms with Gasteiger partial charge in [0.15, 0.2) is 0 Å². The lowest BCUT2D eigenvalue weighted by Crippen LogP contribution is -2.41. The summed E-state index contributed by atoms with van der Waals surface area (Å²) >= 11 is 12.2. The van der Waals surface area contributed by atoms with Crippen LogP contribution in [-0.2, 0) is 14.8 Å². The number of carbonyl (C=O) groups is 1. The van der Waals surface area contributed by atoms with Gasteiger partial charge in [-0.15, -0.1) is 0 Å². The number of hydrogen-bond acceptors (Lipinski definition) is 5. The highest BCUT2D eigenvalue weighted by Gasteiger charge is 2.39. The van der Waals surface area contributed by atoms with Crippen LogP contribution in [0.3, 0.4) is 0 Å². The summed E-state index contributed by atoms with van der Waals surface area (Å²) in [5.74, 6) is -0.654. The fourth-order valence-electron chi connectivity index (χ4n) is 3.83. The van der Waals surface area contributed by atoms with Crippen molar-refractivity contribution in [1.29, 1.82) is 0 Å². The van der Waals surface area contributed by atoms with Crippen LogP contribution in [0.5, 0.6) is 0 Å². The van der Waals surface area contributed by atoms with Crippen molar-refractivity contribution in [3.8, 4) is 22.5 Å². The van der Waals surface area contributed by atoms with Crippen LogP contribution in [-0.4, -0.2) is 37.3 Å². The Labute approximate surface area is 211 Å². The molecule has 3 aromatic carbocycles. The monoisotopic (exact) mass is 525 g/mol. The summed E-state index contributed by atoms with van der Waals surface area (Å²) in [7, 11) is -4.06. The second-order valence-electron chi connectivity index (χ2n) is 7.60. The zero-order valence-electron chi connectivity index (χ0n) is 17.9. The smallest absolute Gasteiger partial charge is 0.265 e. The molecule has 5 rings (SSSR count). The first-order valence-corrected chi connectivity index (χ1v) is 12.6. The van der Waals surface area contributed by atoms with E-state index in [0.717, 1.165) is 4.31 Å². The van der Waals surface area contributed by atoms with Gasteiger partial charge in [0.2, 0.25) is 0 Å². The number of benzene rings is 3. The van der Waals surface area contributed by atoms with Crippen molar-refractivity contribution in [2.24, 2.45) is 5.10 Å². The molecule has 0 radical (unpaired) electrons. The molecule has 176 valence electrons. The molecule has 1 aliphatic rings. The molecule has 0 fully saturated rings. The molecule has 0 spiro atoms. The van der Waals surface area contributed by atoms with E-state index in [-0.39, 0.29) is 4.90 Å². The number of anilines is 1. The van der Waals surface area contributed by atoms with E-state index in [9.17, 15) is 13.2 Å². The van der Waals surface area contributed by atoms with Crippen LogP contribution in [0.15, 0.2) is 82.8 Å². The third-order valence-electron chi connectivity index (χ3n) is 5.43. The van der Waals surface area contributed by atoms with Crippen molar-refractivity contribution in [1.82, 2.24) is 15.6 Å². The maximum absolute atomic E-state index is 13.6. The minimum atomic E-state index is -4.06. The Morgan fingerprint density at radius 2 is 1.69 bits per heavy atom. The van der Waals surface area contributed by atoms with Gasteiger partial charge in [-0.1, -0.05) is 77.8 Å². The Balaban J connectivity index is 1.51. The first-order chi connectivity index (χ1) is 16.9. The third kappa shape index (κ3) is 4.18. The largest absolute Gasteiger partial charge is 0.275 e. The van der Waals surface area contributed by atoms with Gasteiger partial charge >= 0.3 is 0 Å². The number of H-pyrrole nitrogens is 1. The van der Waals surface area contributed by atoms with E-state index in [2.05, 4.69) is 20.7 Å². The summed E-state index contributed by atoms with van der Waals surface area (Å²) in [6.45, 7) is -0.517. The number of aromatic amines is 1. The van der Waals surface area contributed by atoms with E-state index < -0.39 is 22.5 Å². The number of halogens is 2. The second-order valence-corrected chi connectivity index (χ2v) is 10.2. The Morgan fingerprint density at radius 3 is 2.43 bits per heavy atom. The lowest BCUT2D eigenvalue weighted by Gasteiger charge is -2.29. The topological polar surface area (TPSA) is 108 Å². The van der Waals surface area contributed by atoms with Gasteiger partial charge in [-0.05, 0) is 18.2 Å². The lowest BCUT2D eigenvalue weighted by molar-refractivity contribution is -0.119. The summed E-state index contributed by atoms with van der Waals surface area (Å²) in [4.78, 5) is 12.9. The number of aromatic nitrogens is 2. The van der Waals surface area contributed by atoms with Gasteiger partial charge in [0.05, 0.1) is 26.8 Å². The van der Waals surface area contributed by atoms with Crippen LogP contribution in [0.1, 0.15) is 5.56 Å². The van der Waals surface area contributed by atoms with Crippen molar-refractivity contribution in [3.05, 3.63) is 88.4 Å². The standard InChI is InChI=1S/C24H17Cl2N5O3S/c25-18-10-6-11-19(26)17(18)13-27-28-21(32)14-31-24-22(15-7-2-1-3-8-15)29-30-23(24)16-9-4-5-12-20(16)35(31,33)34/h1-13H,14H2,(H,28,32)(H,29,30)/b27-13+. The molecular formula is C24H17Cl2N5O3S. The molecule has 0 bridgehead atoms. The molecule has 0 saturated heterocycles. The molecule has 11 heteroatoms. The van der Waals surface area contributed by atoms with E-state index in [1.165, 1.54) is 12.3 Å². The van der Waals surface area contributed by atoms with E-state index in [1.807, 2.05) is 30.3 Å². The molecule has 2 heterocycles. The van der Waals surface area contributed by atoms with E-state index >= 15 is 0 Å². The summed E-state index contributed by atoms with van der Waals surface area (Å²) in [5, 5.41) is 12.0. The van der Waals surface area contributed by atoms with Gasteiger partial charge in [-0.3, -0.25) is 14.2 Å². The maximum Gasteiger partial charge on any atom is 0.265 e. The molecule has 1 aromatic heterocycles. The number of amides is 1. The van der Waals surface area contributed by atoms with Gasteiger partial charge in [-0.25, -0.2) is 13.8 Å². The molecular weight excluding hydrogens is 509 g/mol. The number of hydrogen-bond donors (Lipinski definition) is 2. The van der Waals surface area contributed by atoms with Crippen LogP contribution in [0.2, 0.25) is 10.0 Å². The van der Waals surface area contributed by atoms with Crippen molar-refractivity contribution >= 4 is 51.0 Å². The number of sulfonamides is 1. The van der Waals surface area contributed by atoms with Crippen molar-refractivity contribution in [2.45, 2.75) is 4.90 Å². The summed E-state index contributed by atoms with van der Waals surface area (Å²) < 4.78 is 28.2. The highest BCUT2D eigenvalue weighted by atomic mass is 35.5. The highest BCUT2D eigenvalue weighted by molar-refractivity contribution is 7.93. The number of fused-ring (bicyclic) bond motifs is 3. The van der Waals surface area contributed by atoms with Gasteiger partial charge in [0.1, 0.15) is 17.9 Å². The first-order valence-electron chi connectivity index (χ1n) is 10.4. The van der Waals surface area contributed by atoms with Crippen molar-refractivity contribution < 1.29 is 13.2 Å². The van der Waals surface area contributed by atoms with Crippen LogP contribution in [0, 0.1) is 0 Å². The predicted octanol–water partition coefficient (Wildman–Crippen LogP) is 4.71. The van der Waals surface area contributed by atoms with Gasteiger partial charge in [-0.2, -0.15) is 10.2 Å². The fourth-order valence-corrected chi connectivity index (χ4v) is 5.97. The summed E-state index contributed by atoms with van der Waals surface area (Å²) in [5.41, 5.74) is 5.19. The van der Waals surface area contributed by atoms with Crippen molar-refractivity contribution in [2.75, 3.05) is 10.8 Å². The first kappa shape index (κ1) is 23.1. The predicted molar refractivity (Wildman–Crippen MR) is 136 cm³/mol. The summed E-state index contributed by atoms with van der Waals surface area (Å²) in [6.07, 6.45) is 1.31. The average molecular weight is 526 g/mol. The second kappa shape index (κ2) is 9.18. The summed E-state index contributed by atoms with van der Waals surface area (Å²) in [6, 6.07) is 20.7. The Kier molecular flexibility index (Phi) is 6.06. The van der Waals surface area contributed by atoms with Crippen LogP contribution in [0.4, 0.5) is 5.69 Å². The molecule has 0 aliphatic carbocycles. The molecule has 35 heavy (non-hydrogen) atoms. The Hall–Kier alpha value is -3.66. The van der Waals surface area contributed by atoms with E-state index in [1.54, 1.807) is 36.4 Å². The SMILES string of the molecule is O=C(CN1c2c(-c3ccccc3)n[nH]c2-c2ccccc2S1(=O)=O)N/N=C/c1c(Cl)cccc1Cl. The number of rotatable bonds is 5. The number of carbonyl (C=O) groups excluding carboxylic acids is 1. The van der Waals surface area contributed by atoms with E-state index in [0.29, 0.717) is 43.8 Å². The Bertz CT molecular complexity index is 1540. The molecule has 2 N–H and O–H groups in total. The molecule has 0 atom stereocenters. The van der Waals surface area contributed by atoms with Crippen LogP contribution >= 0.6 is 23.2 Å². The normalized spacial score (nSPS) is 13.9. The minimum Gasteiger partial charge on any atom is -0.275 e. The molecule has 4 aromatic rings. The van der Waals surface area contributed by atoms with Crippen LogP contribution in [0.25, 0.3) is 22.5 Å². The Morgan fingerprint density at radius 1 is 1.00 bits per heavy atom. The minimum absolute atomic E-state index is 0.0786. The van der Waals surface area contributed by atoms with Crippen molar-refractivity contribution in [3.63, 3.8) is 0 Å². The number of hydrazone groups is 1. The number of nitrogens with zero attached hydrogens (tertiary/aromatic N) is 3. The van der Waals surface area contributed by atoms with Gasteiger partial charge in [0, 0.05) is 16.7 Å². The van der Waals surface area contributed by atoms with E-state index in [4.69, 9.17) is 23.2 Å². The molecule has 1 amide bonds. The third-order valence-corrected chi connectivity index (χ3v) is 7.89. The zero-order valence-corrected chi connectivity index (χ0v) is 20.3. The van der Waals surface area contributed by atoms with Gasteiger partial charge in [0.25, 0.3) is 15.9 Å². The number of nitrogens with one attached hydrogen (secondary N) is 2. The van der Waals surface area contributed by atoms with Crippen LogP contribution < -0.4 is 9.73 Å². The molecule has 0 unspecified atom stereocenters. The zero-order chi connectivity index (χ0) is 24.6. The van der Waals surface area contributed by atoms with Gasteiger partial charge < -0.3 is 0 Å². The quantitative estimate of drug-likeness (QED) is 0.290. The average Bonchev–Trinajstić information content (AvgIpc) is 3.29.